The largest absolute Gasteiger partial charge is 0.478 e. The van der Waals surface area contributed by atoms with Crippen molar-refractivity contribution in [3.63, 3.8) is 0 Å². The number of nitrogens with zero attached hydrogens (tertiary/aromatic N) is 2. The Morgan fingerprint density at radius 1 is 1.23 bits per heavy atom. The normalized spacial score (nSPS) is 11.0. The summed E-state index contributed by atoms with van der Waals surface area (Å²) in [7, 11) is 0. The van der Waals surface area contributed by atoms with Gasteiger partial charge in [0.1, 0.15) is 0 Å². The molecule has 0 saturated carbocycles. The molecule has 0 aliphatic rings. The Morgan fingerprint density at radius 3 is 2.27 bits per heavy atom. The van der Waals surface area contributed by atoms with E-state index in [-0.39, 0.29) is 5.56 Å². The smallest absolute Gasteiger partial charge is 0.337 e. The lowest BCUT2D eigenvalue weighted by Gasteiger charge is -2.16. The molecule has 1 N–H and O–H groups in total. The van der Waals surface area contributed by atoms with Crippen molar-refractivity contribution < 1.29 is 9.90 Å². The molecule has 0 aliphatic carbocycles. The predicted molar refractivity (Wildman–Crippen MR) is 84.7 cm³/mol. The van der Waals surface area contributed by atoms with Gasteiger partial charge in [-0.25, -0.2) is 4.79 Å². The van der Waals surface area contributed by atoms with Crippen LogP contribution < -0.4 is 0 Å². The van der Waals surface area contributed by atoms with Gasteiger partial charge in [-0.15, -0.1) is 0 Å². The van der Waals surface area contributed by atoms with Crippen LogP contribution in [0.3, 0.4) is 0 Å². The third kappa shape index (κ3) is 2.84. The minimum absolute atomic E-state index is 0.256. The number of carboxylic acids is 1. The monoisotopic (exact) mass is 294 g/mol. The van der Waals surface area contributed by atoms with Crippen molar-refractivity contribution in [1.82, 2.24) is 4.98 Å². The number of hydrogen-bond donors (Lipinski definition) is 1. The van der Waals surface area contributed by atoms with Gasteiger partial charge in [0.05, 0.1) is 28.4 Å². The summed E-state index contributed by atoms with van der Waals surface area (Å²) >= 11 is 0. The summed E-state index contributed by atoms with van der Waals surface area (Å²) in [6.07, 6.45) is 0. The van der Waals surface area contributed by atoms with Crippen LogP contribution in [0.4, 0.5) is 0 Å². The molecule has 1 aromatic heterocycles. The van der Waals surface area contributed by atoms with Crippen LogP contribution in [-0.4, -0.2) is 16.1 Å². The van der Waals surface area contributed by atoms with Crippen molar-refractivity contribution >= 4 is 5.97 Å². The topological polar surface area (TPSA) is 74.0 Å². The molecule has 0 fully saturated rings. The molecule has 2 aromatic rings. The number of aryl methyl sites for hydroxylation is 2. The Morgan fingerprint density at radius 2 is 1.82 bits per heavy atom. The van der Waals surface area contributed by atoms with Crippen LogP contribution in [0.5, 0.6) is 0 Å². The number of aromatic carboxylic acids is 1. The first kappa shape index (κ1) is 15.7. The van der Waals surface area contributed by atoms with Gasteiger partial charge in [-0.3, -0.25) is 4.98 Å². The summed E-state index contributed by atoms with van der Waals surface area (Å²) in [4.78, 5) is 15.6. The molecule has 0 unspecified atom stereocenters. The van der Waals surface area contributed by atoms with Gasteiger partial charge in [0.25, 0.3) is 0 Å². The number of carbonyl (C=O) groups is 1. The third-order valence-electron chi connectivity index (χ3n) is 3.79. The van der Waals surface area contributed by atoms with E-state index in [4.69, 9.17) is 0 Å². The van der Waals surface area contributed by atoms with Crippen molar-refractivity contribution in [2.24, 2.45) is 0 Å². The number of hydrogen-bond acceptors (Lipinski definition) is 3. The van der Waals surface area contributed by atoms with Gasteiger partial charge < -0.3 is 5.11 Å². The van der Waals surface area contributed by atoms with Gasteiger partial charge in [0.15, 0.2) is 0 Å². The molecule has 4 nitrogen and oxygen atoms in total. The molecule has 0 bridgehead atoms. The van der Waals surface area contributed by atoms with E-state index in [1.54, 1.807) is 19.9 Å². The molecule has 4 heteroatoms. The summed E-state index contributed by atoms with van der Waals surface area (Å²) in [5, 5.41) is 18.4. The first-order chi connectivity index (χ1) is 10.3. The second-order valence-corrected chi connectivity index (χ2v) is 5.90. The summed E-state index contributed by atoms with van der Waals surface area (Å²) < 4.78 is 0. The maximum Gasteiger partial charge on any atom is 0.337 e. The van der Waals surface area contributed by atoms with Crippen LogP contribution in [0.1, 0.15) is 41.0 Å². The van der Waals surface area contributed by atoms with Crippen molar-refractivity contribution in [3.8, 4) is 17.3 Å². The highest BCUT2D eigenvalue weighted by molar-refractivity contribution is 5.91. The number of carboxylic acid groups (broad SMARTS) is 1. The zero-order chi connectivity index (χ0) is 16.5. The Labute approximate surface area is 130 Å². The maximum atomic E-state index is 11.2. The number of benzene rings is 1. The van der Waals surface area contributed by atoms with Gasteiger partial charge in [-0.2, -0.15) is 5.26 Å². The third-order valence-corrected chi connectivity index (χ3v) is 3.79. The van der Waals surface area contributed by atoms with Crippen LogP contribution in [0, 0.1) is 25.2 Å². The minimum atomic E-state index is -0.958. The molecule has 0 spiro atoms. The minimum Gasteiger partial charge on any atom is -0.478 e. The van der Waals surface area contributed by atoms with Crippen LogP contribution in [0.15, 0.2) is 30.3 Å². The molecule has 2 rings (SSSR count). The molecule has 22 heavy (non-hydrogen) atoms. The standard InChI is InChI=1S/C18H18N2O2/c1-11-9-15(20-12(2)16(11)17(21)22)13-5-7-14(8-6-13)18(3,4)10-19/h5-9H,1-4H3,(H,21,22). The van der Waals surface area contributed by atoms with E-state index in [1.165, 1.54) is 0 Å². The number of aromatic nitrogens is 1. The molecular formula is C18H18N2O2. The molecule has 0 saturated heterocycles. The van der Waals surface area contributed by atoms with Crippen molar-refractivity contribution in [3.05, 3.63) is 52.7 Å². The molecular weight excluding hydrogens is 276 g/mol. The summed E-state index contributed by atoms with van der Waals surface area (Å²) in [5.41, 5.74) is 3.49. The first-order valence-corrected chi connectivity index (χ1v) is 7.00. The number of rotatable bonds is 3. The lowest BCUT2D eigenvalue weighted by atomic mass is 9.86. The second-order valence-electron chi connectivity index (χ2n) is 5.90. The first-order valence-electron chi connectivity index (χ1n) is 7.00. The van der Waals surface area contributed by atoms with E-state index >= 15 is 0 Å². The Bertz CT molecular complexity index is 746. The fraction of sp³-hybridized carbons (Fsp3) is 0.278. The van der Waals surface area contributed by atoms with E-state index < -0.39 is 11.4 Å². The van der Waals surface area contributed by atoms with E-state index in [1.807, 2.05) is 38.1 Å². The number of pyridine rings is 1. The molecule has 112 valence electrons. The molecule has 0 amide bonds. The van der Waals surface area contributed by atoms with Gasteiger partial charge in [-0.05, 0) is 44.9 Å². The van der Waals surface area contributed by atoms with Crippen LogP contribution >= 0.6 is 0 Å². The fourth-order valence-electron chi connectivity index (χ4n) is 2.42. The highest BCUT2D eigenvalue weighted by atomic mass is 16.4. The highest BCUT2D eigenvalue weighted by Gasteiger charge is 2.20. The molecule has 0 radical (unpaired) electrons. The van der Waals surface area contributed by atoms with E-state index in [0.29, 0.717) is 11.3 Å². The van der Waals surface area contributed by atoms with E-state index in [9.17, 15) is 15.2 Å². The van der Waals surface area contributed by atoms with Crippen molar-refractivity contribution in [2.75, 3.05) is 0 Å². The SMILES string of the molecule is Cc1cc(-c2ccc(C(C)(C)C#N)cc2)nc(C)c1C(=O)O. The predicted octanol–water partition coefficient (Wildman–Crippen LogP) is 3.86. The Kier molecular flexibility index (Phi) is 4.01. The number of nitriles is 1. The Balaban J connectivity index is 2.46. The second kappa shape index (κ2) is 5.61. The average molecular weight is 294 g/mol. The van der Waals surface area contributed by atoms with Gasteiger partial charge >= 0.3 is 5.97 Å². The zero-order valence-electron chi connectivity index (χ0n) is 13.1. The maximum absolute atomic E-state index is 11.2. The fourth-order valence-corrected chi connectivity index (χ4v) is 2.42. The van der Waals surface area contributed by atoms with E-state index in [0.717, 1.165) is 16.8 Å². The summed E-state index contributed by atoms with van der Waals surface area (Å²) in [6, 6.07) is 11.7. The Hall–Kier alpha value is -2.67. The summed E-state index contributed by atoms with van der Waals surface area (Å²) in [5.74, 6) is -0.958. The van der Waals surface area contributed by atoms with Crippen molar-refractivity contribution in [1.29, 1.82) is 5.26 Å². The van der Waals surface area contributed by atoms with Crippen molar-refractivity contribution in [2.45, 2.75) is 33.1 Å². The van der Waals surface area contributed by atoms with Gasteiger partial charge in [-0.1, -0.05) is 24.3 Å². The highest BCUT2D eigenvalue weighted by Crippen LogP contribution is 2.27. The molecule has 1 heterocycles. The van der Waals surface area contributed by atoms with Crippen LogP contribution in [0.25, 0.3) is 11.3 Å². The molecule has 0 atom stereocenters. The van der Waals surface area contributed by atoms with Gasteiger partial charge in [0, 0.05) is 5.56 Å². The summed E-state index contributed by atoms with van der Waals surface area (Å²) in [6.45, 7) is 7.22. The van der Waals surface area contributed by atoms with Crippen LogP contribution in [0.2, 0.25) is 0 Å². The molecule has 0 aliphatic heterocycles. The zero-order valence-corrected chi connectivity index (χ0v) is 13.1. The van der Waals surface area contributed by atoms with Crippen LogP contribution in [-0.2, 0) is 5.41 Å². The average Bonchev–Trinajstić information content (AvgIpc) is 2.46. The lowest BCUT2D eigenvalue weighted by molar-refractivity contribution is 0.0695. The van der Waals surface area contributed by atoms with E-state index in [2.05, 4.69) is 11.1 Å². The van der Waals surface area contributed by atoms with Gasteiger partial charge in [0.2, 0.25) is 0 Å². The quantitative estimate of drug-likeness (QED) is 0.932. The molecule has 1 aromatic carbocycles. The lowest BCUT2D eigenvalue weighted by Crippen LogP contribution is -2.13.